The summed E-state index contributed by atoms with van der Waals surface area (Å²) >= 11 is 0. The molecular formula is C22H30N2O7. The number of carbonyl (C=O) groups excluding carboxylic acids is 2. The number of ether oxygens (including phenoxy) is 5. The van der Waals surface area contributed by atoms with Gasteiger partial charge in [-0.05, 0) is 46.8 Å². The number of hydrogen-bond donors (Lipinski definition) is 2. The molecule has 0 spiro atoms. The van der Waals surface area contributed by atoms with Crippen LogP contribution >= 0.6 is 0 Å². The zero-order valence-electron chi connectivity index (χ0n) is 18.5. The van der Waals surface area contributed by atoms with Gasteiger partial charge < -0.3 is 34.3 Å². The lowest BCUT2D eigenvalue weighted by molar-refractivity contribution is -0.231. The Labute approximate surface area is 181 Å². The lowest BCUT2D eigenvalue weighted by Gasteiger charge is -2.36. The zero-order valence-corrected chi connectivity index (χ0v) is 18.5. The lowest BCUT2D eigenvalue weighted by Crippen LogP contribution is -2.59. The van der Waals surface area contributed by atoms with Crippen molar-refractivity contribution in [3.63, 3.8) is 0 Å². The molecule has 1 aromatic rings. The molecule has 170 valence electrons. The van der Waals surface area contributed by atoms with Gasteiger partial charge in [0.05, 0.1) is 0 Å². The van der Waals surface area contributed by atoms with E-state index in [2.05, 4.69) is 10.6 Å². The van der Waals surface area contributed by atoms with Crippen LogP contribution < -0.4 is 10.6 Å². The Morgan fingerprint density at radius 1 is 0.903 bits per heavy atom. The summed E-state index contributed by atoms with van der Waals surface area (Å²) in [6.07, 6.45) is -3.19. The first-order chi connectivity index (χ1) is 14.5. The maximum Gasteiger partial charge on any atom is 0.252 e. The van der Waals surface area contributed by atoms with Crippen LogP contribution in [0.5, 0.6) is 0 Å². The van der Waals surface area contributed by atoms with Gasteiger partial charge in [0.2, 0.25) is 5.91 Å². The summed E-state index contributed by atoms with van der Waals surface area (Å²) < 4.78 is 29.6. The van der Waals surface area contributed by atoms with Crippen molar-refractivity contribution in [1.82, 2.24) is 5.32 Å². The molecule has 1 aromatic carbocycles. The fraction of sp³-hybridized carbons (Fsp3) is 0.636. The first-order valence-electron chi connectivity index (χ1n) is 10.5. The standard InChI is InChI=1S/C22H30N2O7/c1-12-6-8-13(9-7-12)24-14(25)10-11-23-19(26)17-15-16(29-21(2,3)28-15)18-20(27-17)31-22(4,5)30-18/h6-9,15-18,20H,10-11H2,1-5H3,(H,23,26)(H,24,25). The highest BCUT2D eigenvalue weighted by Crippen LogP contribution is 2.44. The summed E-state index contributed by atoms with van der Waals surface area (Å²) in [5.74, 6) is -2.31. The molecule has 3 fully saturated rings. The molecule has 3 saturated heterocycles. The smallest absolute Gasteiger partial charge is 0.252 e. The number of hydrogen-bond acceptors (Lipinski definition) is 7. The number of rotatable bonds is 5. The maximum atomic E-state index is 12.9. The predicted octanol–water partition coefficient (Wildman–Crippen LogP) is 1.84. The lowest BCUT2D eigenvalue weighted by atomic mass is 9.98. The summed E-state index contributed by atoms with van der Waals surface area (Å²) in [5.41, 5.74) is 1.82. The second kappa shape index (κ2) is 8.14. The largest absolute Gasteiger partial charge is 0.353 e. The van der Waals surface area contributed by atoms with Crippen LogP contribution in [0.2, 0.25) is 0 Å². The molecule has 0 radical (unpaired) electrons. The molecule has 31 heavy (non-hydrogen) atoms. The molecule has 0 bridgehead atoms. The SMILES string of the molecule is Cc1ccc(NC(=O)CCNC(=O)C2OC3OC(C)(C)OC3C3OC(C)(C)OC23)cc1. The summed E-state index contributed by atoms with van der Waals surface area (Å²) in [6.45, 7) is 9.27. The Morgan fingerprint density at radius 3 is 2.23 bits per heavy atom. The number of amides is 2. The minimum Gasteiger partial charge on any atom is -0.353 e. The van der Waals surface area contributed by atoms with Crippen molar-refractivity contribution in [2.24, 2.45) is 0 Å². The minimum absolute atomic E-state index is 0.127. The van der Waals surface area contributed by atoms with Crippen molar-refractivity contribution in [3.8, 4) is 0 Å². The molecule has 0 aliphatic carbocycles. The highest BCUT2D eigenvalue weighted by molar-refractivity contribution is 5.91. The van der Waals surface area contributed by atoms with Gasteiger partial charge >= 0.3 is 0 Å². The van der Waals surface area contributed by atoms with E-state index in [1.165, 1.54) is 0 Å². The Morgan fingerprint density at radius 2 is 1.52 bits per heavy atom. The zero-order chi connectivity index (χ0) is 22.4. The normalized spacial score (nSPS) is 32.7. The van der Waals surface area contributed by atoms with E-state index >= 15 is 0 Å². The summed E-state index contributed by atoms with van der Waals surface area (Å²) in [6, 6.07) is 7.51. The van der Waals surface area contributed by atoms with Gasteiger partial charge in [-0.25, -0.2) is 0 Å². The van der Waals surface area contributed by atoms with Gasteiger partial charge in [-0.1, -0.05) is 17.7 Å². The van der Waals surface area contributed by atoms with E-state index in [0.29, 0.717) is 5.69 Å². The van der Waals surface area contributed by atoms with Gasteiger partial charge in [-0.2, -0.15) is 0 Å². The van der Waals surface area contributed by atoms with E-state index in [9.17, 15) is 9.59 Å². The second-order valence-corrected chi connectivity index (χ2v) is 9.05. The molecule has 5 atom stereocenters. The summed E-state index contributed by atoms with van der Waals surface area (Å²) in [4.78, 5) is 25.0. The number of fused-ring (bicyclic) bond motifs is 3. The van der Waals surface area contributed by atoms with Crippen LogP contribution in [0.1, 0.15) is 39.7 Å². The topological polar surface area (TPSA) is 104 Å². The van der Waals surface area contributed by atoms with Gasteiger partial charge in [-0.15, -0.1) is 0 Å². The molecule has 3 heterocycles. The monoisotopic (exact) mass is 434 g/mol. The summed E-state index contributed by atoms with van der Waals surface area (Å²) in [5, 5.41) is 5.57. The minimum atomic E-state index is -0.939. The van der Waals surface area contributed by atoms with Crippen molar-refractivity contribution >= 4 is 17.5 Å². The molecule has 2 N–H and O–H groups in total. The number of anilines is 1. The third kappa shape index (κ3) is 4.91. The third-order valence-corrected chi connectivity index (χ3v) is 5.40. The fourth-order valence-corrected chi connectivity index (χ4v) is 4.08. The molecule has 3 aliphatic heterocycles. The Kier molecular flexibility index (Phi) is 5.82. The van der Waals surface area contributed by atoms with Crippen LogP contribution in [-0.4, -0.2) is 60.6 Å². The van der Waals surface area contributed by atoms with Crippen molar-refractivity contribution in [3.05, 3.63) is 29.8 Å². The number of benzene rings is 1. The highest BCUT2D eigenvalue weighted by Gasteiger charge is 2.62. The van der Waals surface area contributed by atoms with Crippen molar-refractivity contribution in [2.75, 3.05) is 11.9 Å². The Bertz CT molecular complexity index is 839. The number of aryl methyl sites for hydroxylation is 1. The van der Waals surface area contributed by atoms with E-state index < -0.39 is 42.3 Å². The van der Waals surface area contributed by atoms with Crippen LogP contribution in [0, 0.1) is 6.92 Å². The van der Waals surface area contributed by atoms with Crippen LogP contribution in [0.3, 0.4) is 0 Å². The number of nitrogens with one attached hydrogen (secondary N) is 2. The Hall–Kier alpha value is -2.04. The van der Waals surface area contributed by atoms with E-state index in [-0.39, 0.29) is 24.8 Å². The quantitative estimate of drug-likeness (QED) is 0.729. The highest BCUT2D eigenvalue weighted by atomic mass is 16.9. The van der Waals surface area contributed by atoms with E-state index in [1.807, 2.05) is 31.2 Å². The van der Waals surface area contributed by atoms with Crippen molar-refractivity contribution < 1.29 is 33.3 Å². The fourth-order valence-electron chi connectivity index (χ4n) is 4.08. The van der Waals surface area contributed by atoms with Crippen LogP contribution in [0.25, 0.3) is 0 Å². The van der Waals surface area contributed by atoms with Crippen LogP contribution in [-0.2, 0) is 33.3 Å². The van der Waals surface area contributed by atoms with Crippen molar-refractivity contribution in [2.45, 2.75) is 83.3 Å². The predicted molar refractivity (Wildman–Crippen MR) is 110 cm³/mol. The van der Waals surface area contributed by atoms with E-state index in [4.69, 9.17) is 23.7 Å². The third-order valence-electron chi connectivity index (χ3n) is 5.40. The van der Waals surface area contributed by atoms with Crippen LogP contribution in [0.4, 0.5) is 5.69 Å². The number of carbonyl (C=O) groups is 2. The average Bonchev–Trinajstić information content (AvgIpc) is 3.16. The first-order valence-corrected chi connectivity index (χ1v) is 10.5. The van der Waals surface area contributed by atoms with E-state index in [0.717, 1.165) is 5.56 Å². The van der Waals surface area contributed by atoms with Gasteiger partial charge in [-0.3, -0.25) is 9.59 Å². The van der Waals surface area contributed by atoms with E-state index in [1.54, 1.807) is 27.7 Å². The van der Waals surface area contributed by atoms with Gasteiger partial charge in [0, 0.05) is 18.7 Å². The Balaban J connectivity index is 1.34. The summed E-state index contributed by atoms with van der Waals surface area (Å²) in [7, 11) is 0. The molecule has 9 nitrogen and oxygen atoms in total. The molecule has 2 amide bonds. The second-order valence-electron chi connectivity index (χ2n) is 9.05. The van der Waals surface area contributed by atoms with Gasteiger partial charge in [0.25, 0.3) is 5.91 Å². The average molecular weight is 434 g/mol. The molecule has 0 aromatic heterocycles. The van der Waals surface area contributed by atoms with Crippen molar-refractivity contribution in [1.29, 1.82) is 0 Å². The molecule has 4 rings (SSSR count). The van der Waals surface area contributed by atoms with Gasteiger partial charge in [0.1, 0.15) is 18.3 Å². The molecule has 3 aliphatic rings. The molecule has 9 heteroatoms. The molecular weight excluding hydrogens is 404 g/mol. The van der Waals surface area contributed by atoms with Gasteiger partial charge in [0.15, 0.2) is 24.0 Å². The maximum absolute atomic E-state index is 12.9. The molecule has 5 unspecified atom stereocenters. The van der Waals surface area contributed by atoms with Crippen LogP contribution in [0.15, 0.2) is 24.3 Å². The first kappa shape index (κ1) is 22.2. The molecule has 0 saturated carbocycles.